The summed E-state index contributed by atoms with van der Waals surface area (Å²) < 4.78 is 7.31. The van der Waals surface area contributed by atoms with Crippen molar-refractivity contribution in [3.05, 3.63) is 74.7 Å². The van der Waals surface area contributed by atoms with Crippen LogP contribution < -0.4 is 0 Å². The van der Waals surface area contributed by atoms with Gasteiger partial charge >= 0.3 is 5.97 Å². The molecule has 0 spiro atoms. The van der Waals surface area contributed by atoms with Crippen LogP contribution in [-0.2, 0) is 9.53 Å². The largest absolute Gasteiger partial charge is 0.453 e. The normalized spacial score (nSPS) is 12.3. The lowest BCUT2D eigenvalue weighted by molar-refractivity contribution is -0.144. The van der Waals surface area contributed by atoms with E-state index in [1.165, 1.54) is 6.92 Å². The second-order valence-electron chi connectivity index (χ2n) is 4.43. The predicted molar refractivity (Wildman–Crippen MR) is 91.8 cm³/mol. The van der Waals surface area contributed by atoms with Gasteiger partial charge in [0.05, 0.1) is 0 Å². The first-order valence-electron chi connectivity index (χ1n) is 6.42. The summed E-state index contributed by atoms with van der Waals surface area (Å²) in [7, 11) is 0. The summed E-state index contributed by atoms with van der Waals surface area (Å²) in [6.07, 6.45) is 3.39. The molecule has 0 aliphatic rings. The first-order valence-corrected chi connectivity index (χ1v) is 8.01. The summed E-state index contributed by atoms with van der Waals surface area (Å²) in [5, 5.41) is 0. The van der Waals surface area contributed by atoms with Crippen molar-refractivity contribution in [1.29, 1.82) is 0 Å². The van der Waals surface area contributed by atoms with Gasteiger partial charge in [0.15, 0.2) is 0 Å². The molecule has 0 amide bonds. The van der Waals surface area contributed by atoms with Gasteiger partial charge in [0.1, 0.15) is 6.10 Å². The average Bonchev–Trinajstić information content (AvgIpc) is 2.45. The number of esters is 1. The van der Waals surface area contributed by atoms with Crippen molar-refractivity contribution < 1.29 is 9.53 Å². The third-order valence-corrected chi connectivity index (χ3v) is 4.30. The molecule has 1 unspecified atom stereocenters. The number of carbonyl (C=O) groups excluding carboxylic acids is 1. The van der Waals surface area contributed by atoms with Gasteiger partial charge in [0.25, 0.3) is 0 Å². The van der Waals surface area contributed by atoms with Gasteiger partial charge in [0, 0.05) is 21.4 Å². The van der Waals surface area contributed by atoms with E-state index in [1.54, 1.807) is 0 Å². The van der Waals surface area contributed by atoms with Crippen LogP contribution in [0.4, 0.5) is 0 Å². The fourth-order valence-electron chi connectivity index (χ4n) is 1.89. The van der Waals surface area contributed by atoms with Crippen LogP contribution >= 0.6 is 31.9 Å². The van der Waals surface area contributed by atoms with E-state index in [0.717, 1.165) is 20.1 Å². The minimum atomic E-state index is -0.426. The molecule has 2 aromatic rings. The standard InChI is InChI=1S/C17H14Br2O2/c1-12(20)21-17(14-7-3-5-9-16(14)19)11-10-13-6-2-4-8-15(13)18/h2-11,17H,1H3/b11-10+. The molecule has 21 heavy (non-hydrogen) atoms. The first-order chi connectivity index (χ1) is 10.1. The van der Waals surface area contributed by atoms with Crippen molar-refractivity contribution in [3.8, 4) is 0 Å². The molecular weight excluding hydrogens is 396 g/mol. The van der Waals surface area contributed by atoms with E-state index in [-0.39, 0.29) is 5.97 Å². The highest BCUT2D eigenvalue weighted by molar-refractivity contribution is 9.10. The molecule has 0 bridgehead atoms. The summed E-state index contributed by atoms with van der Waals surface area (Å²) >= 11 is 6.99. The van der Waals surface area contributed by atoms with Gasteiger partial charge in [-0.2, -0.15) is 0 Å². The van der Waals surface area contributed by atoms with Crippen LogP contribution in [-0.4, -0.2) is 5.97 Å². The van der Waals surface area contributed by atoms with Crippen LogP contribution in [0.25, 0.3) is 6.08 Å². The summed E-state index contributed by atoms with van der Waals surface area (Å²) in [6, 6.07) is 15.6. The minimum absolute atomic E-state index is 0.312. The van der Waals surface area contributed by atoms with Gasteiger partial charge in [-0.15, -0.1) is 0 Å². The molecule has 0 saturated heterocycles. The Morgan fingerprint density at radius 1 is 1.05 bits per heavy atom. The molecule has 0 aliphatic heterocycles. The maximum absolute atomic E-state index is 11.3. The molecule has 2 rings (SSSR count). The summed E-state index contributed by atoms with van der Waals surface area (Å²) in [6.45, 7) is 1.41. The van der Waals surface area contributed by atoms with Gasteiger partial charge in [-0.1, -0.05) is 74.3 Å². The maximum Gasteiger partial charge on any atom is 0.303 e. The topological polar surface area (TPSA) is 26.3 Å². The Morgan fingerprint density at radius 3 is 2.29 bits per heavy atom. The van der Waals surface area contributed by atoms with Crippen LogP contribution in [0.15, 0.2) is 63.6 Å². The Kier molecular flexibility index (Phi) is 5.76. The number of carbonyl (C=O) groups is 1. The van der Waals surface area contributed by atoms with Crippen molar-refractivity contribution in [1.82, 2.24) is 0 Å². The molecule has 0 saturated carbocycles. The van der Waals surface area contributed by atoms with E-state index >= 15 is 0 Å². The summed E-state index contributed by atoms with van der Waals surface area (Å²) in [4.78, 5) is 11.3. The molecule has 0 N–H and O–H groups in total. The average molecular weight is 410 g/mol. The van der Waals surface area contributed by atoms with E-state index < -0.39 is 6.10 Å². The zero-order valence-electron chi connectivity index (χ0n) is 11.4. The summed E-state index contributed by atoms with van der Waals surface area (Å²) in [5.41, 5.74) is 1.94. The monoisotopic (exact) mass is 408 g/mol. The fraction of sp³-hybridized carbons (Fsp3) is 0.118. The third-order valence-electron chi connectivity index (χ3n) is 2.86. The molecule has 0 aliphatic carbocycles. The molecule has 0 fully saturated rings. The van der Waals surface area contributed by atoms with Crippen LogP contribution in [0, 0.1) is 0 Å². The molecule has 1 atom stereocenters. The van der Waals surface area contributed by atoms with E-state index in [9.17, 15) is 4.79 Å². The van der Waals surface area contributed by atoms with Gasteiger partial charge in [0.2, 0.25) is 0 Å². The van der Waals surface area contributed by atoms with Crippen molar-refractivity contribution >= 4 is 43.9 Å². The molecule has 2 nitrogen and oxygen atoms in total. The number of hydrogen-bond donors (Lipinski definition) is 0. The number of ether oxygens (including phenoxy) is 1. The highest BCUT2D eigenvalue weighted by atomic mass is 79.9. The molecular formula is C17H14Br2O2. The van der Waals surface area contributed by atoms with E-state index in [4.69, 9.17) is 4.74 Å². The second kappa shape index (κ2) is 7.57. The number of benzene rings is 2. The highest BCUT2D eigenvalue weighted by Crippen LogP contribution is 2.28. The second-order valence-corrected chi connectivity index (χ2v) is 6.14. The van der Waals surface area contributed by atoms with Gasteiger partial charge in [-0.3, -0.25) is 4.79 Å². The molecule has 0 aromatic heterocycles. The van der Waals surface area contributed by atoms with Crippen LogP contribution in [0.1, 0.15) is 24.2 Å². The van der Waals surface area contributed by atoms with E-state index in [1.807, 2.05) is 60.7 Å². The van der Waals surface area contributed by atoms with Crippen molar-refractivity contribution in [2.45, 2.75) is 13.0 Å². The van der Waals surface area contributed by atoms with E-state index in [0.29, 0.717) is 0 Å². The van der Waals surface area contributed by atoms with Crippen molar-refractivity contribution in [2.24, 2.45) is 0 Å². The minimum Gasteiger partial charge on any atom is -0.453 e. The van der Waals surface area contributed by atoms with Crippen LogP contribution in [0.2, 0.25) is 0 Å². The van der Waals surface area contributed by atoms with Gasteiger partial charge < -0.3 is 4.74 Å². The smallest absolute Gasteiger partial charge is 0.303 e. The molecule has 0 radical (unpaired) electrons. The zero-order chi connectivity index (χ0) is 15.2. The predicted octanol–water partition coefficient (Wildman–Crippen LogP) is 5.53. The lowest BCUT2D eigenvalue weighted by Crippen LogP contribution is -2.06. The van der Waals surface area contributed by atoms with Crippen molar-refractivity contribution in [2.75, 3.05) is 0 Å². The van der Waals surface area contributed by atoms with Crippen LogP contribution in [0.5, 0.6) is 0 Å². The Labute approximate surface area is 141 Å². The lowest BCUT2D eigenvalue weighted by atomic mass is 10.1. The summed E-state index contributed by atoms with van der Waals surface area (Å²) in [5.74, 6) is -0.312. The molecule has 4 heteroatoms. The quantitative estimate of drug-likeness (QED) is 0.620. The Hall–Kier alpha value is -1.39. The maximum atomic E-state index is 11.3. The zero-order valence-corrected chi connectivity index (χ0v) is 14.6. The van der Waals surface area contributed by atoms with Gasteiger partial charge in [-0.25, -0.2) is 0 Å². The lowest BCUT2D eigenvalue weighted by Gasteiger charge is -2.15. The van der Waals surface area contributed by atoms with E-state index in [2.05, 4.69) is 31.9 Å². The Balaban J connectivity index is 2.31. The fourth-order valence-corrected chi connectivity index (χ4v) is 2.82. The van der Waals surface area contributed by atoms with Gasteiger partial charge in [-0.05, 0) is 23.8 Å². The third kappa shape index (κ3) is 4.55. The highest BCUT2D eigenvalue weighted by Gasteiger charge is 2.14. The SMILES string of the molecule is CC(=O)OC(/C=C/c1ccccc1Br)c1ccccc1Br. The number of rotatable bonds is 4. The first kappa shape index (κ1) is 16.0. The Bertz CT molecular complexity index is 665. The van der Waals surface area contributed by atoms with Crippen molar-refractivity contribution in [3.63, 3.8) is 0 Å². The van der Waals surface area contributed by atoms with Crippen LogP contribution in [0.3, 0.4) is 0 Å². The molecule has 2 aromatic carbocycles. The number of hydrogen-bond acceptors (Lipinski definition) is 2. The molecule has 0 heterocycles. The Morgan fingerprint density at radius 2 is 1.67 bits per heavy atom. The molecule has 108 valence electrons. The number of halogens is 2.